The van der Waals surface area contributed by atoms with Crippen LogP contribution in [-0.4, -0.2) is 57.7 Å². The Morgan fingerprint density at radius 2 is 1.93 bits per heavy atom. The number of tetrazole rings is 1. The van der Waals surface area contributed by atoms with E-state index in [-0.39, 0.29) is 11.8 Å². The first-order valence-electron chi connectivity index (χ1n) is 9.88. The Kier molecular flexibility index (Phi) is 6.55. The molecule has 1 saturated heterocycles. The summed E-state index contributed by atoms with van der Waals surface area (Å²) in [5, 5.41) is 16.1. The van der Waals surface area contributed by atoms with Crippen molar-refractivity contribution in [3.8, 4) is 11.4 Å². The van der Waals surface area contributed by atoms with Crippen molar-refractivity contribution in [2.75, 3.05) is 26.7 Å². The van der Waals surface area contributed by atoms with Crippen molar-refractivity contribution in [3.63, 3.8) is 0 Å². The van der Waals surface area contributed by atoms with Crippen LogP contribution in [0.15, 0.2) is 30.3 Å². The fourth-order valence-electron chi connectivity index (χ4n) is 3.67. The van der Waals surface area contributed by atoms with Gasteiger partial charge >= 0.3 is 0 Å². The topological polar surface area (TPSA) is 75.9 Å². The Balaban J connectivity index is 1.69. The van der Waals surface area contributed by atoms with E-state index in [1.54, 1.807) is 0 Å². The van der Waals surface area contributed by atoms with Gasteiger partial charge in [-0.1, -0.05) is 44.2 Å². The number of benzene rings is 1. The monoisotopic (exact) mass is 370 g/mol. The molecule has 1 aliphatic heterocycles. The fourth-order valence-corrected chi connectivity index (χ4v) is 3.67. The zero-order valence-corrected chi connectivity index (χ0v) is 16.5. The summed E-state index contributed by atoms with van der Waals surface area (Å²) in [7, 11) is 1.99. The summed E-state index contributed by atoms with van der Waals surface area (Å²) in [6.07, 6.45) is 3.31. The first kappa shape index (κ1) is 19.5. The zero-order valence-electron chi connectivity index (χ0n) is 16.5. The molecular weight excluding hydrogens is 340 g/mol. The highest BCUT2D eigenvalue weighted by molar-refractivity contribution is 5.80. The van der Waals surface area contributed by atoms with E-state index >= 15 is 0 Å². The van der Waals surface area contributed by atoms with Gasteiger partial charge in [-0.15, -0.1) is 10.2 Å². The second-order valence-electron chi connectivity index (χ2n) is 7.65. The van der Waals surface area contributed by atoms with Crippen LogP contribution in [0.1, 0.15) is 39.2 Å². The highest BCUT2D eigenvalue weighted by Gasteiger charge is 2.33. The molecule has 1 N–H and O–H groups in total. The molecule has 1 unspecified atom stereocenters. The Morgan fingerprint density at radius 3 is 2.56 bits per heavy atom. The minimum atomic E-state index is -0.413. The number of amides is 1. The Hall–Kier alpha value is -2.28. The van der Waals surface area contributed by atoms with Crippen molar-refractivity contribution in [1.29, 1.82) is 0 Å². The van der Waals surface area contributed by atoms with Gasteiger partial charge in [-0.25, -0.2) is 0 Å². The summed E-state index contributed by atoms with van der Waals surface area (Å²) in [6.45, 7) is 6.74. The molecule has 0 radical (unpaired) electrons. The molecule has 1 amide bonds. The largest absolute Gasteiger partial charge is 0.341 e. The van der Waals surface area contributed by atoms with E-state index in [2.05, 4.69) is 20.7 Å². The van der Waals surface area contributed by atoms with E-state index in [1.807, 2.05) is 56.1 Å². The van der Waals surface area contributed by atoms with Gasteiger partial charge in [0.2, 0.25) is 11.7 Å². The summed E-state index contributed by atoms with van der Waals surface area (Å²) >= 11 is 0. The molecule has 0 saturated carbocycles. The highest BCUT2D eigenvalue weighted by atomic mass is 16.2. The molecule has 2 heterocycles. The van der Waals surface area contributed by atoms with Gasteiger partial charge in [0, 0.05) is 18.7 Å². The summed E-state index contributed by atoms with van der Waals surface area (Å²) < 4.78 is 0. The smallest absolute Gasteiger partial charge is 0.249 e. The Labute approximate surface area is 161 Å². The molecule has 0 aliphatic carbocycles. The number of likely N-dealkylation sites (tertiary alicyclic amines) is 1. The van der Waals surface area contributed by atoms with E-state index in [4.69, 9.17) is 0 Å². The molecule has 1 aromatic heterocycles. The molecule has 2 aromatic rings. The SMILES string of the molecule is CNCCC1CCN(C(=O)C(C(C)C)n2nnc(-c3ccccc3)n2)CC1. The molecule has 1 aliphatic rings. The van der Waals surface area contributed by atoms with Crippen LogP contribution in [0.2, 0.25) is 0 Å². The summed E-state index contributed by atoms with van der Waals surface area (Å²) in [4.78, 5) is 16.7. The van der Waals surface area contributed by atoms with Gasteiger partial charge in [0.15, 0.2) is 6.04 Å². The summed E-state index contributed by atoms with van der Waals surface area (Å²) in [6, 6.07) is 9.32. The van der Waals surface area contributed by atoms with Crippen molar-refractivity contribution in [2.45, 2.75) is 39.2 Å². The molecule has 7 nitrogen and oxygen atoms in total. The number of carbonyl (C=O) groups excluding carboxylic acids is 1. The third kappa shape index (κ3) is 4.71. The van der Waals surface area contributed by atoms with E-state index < -0.39 is 6.04 Å². The van der Waals surface area contributed by atoms with Crippen LogP contribution in [0, 0.1) is 11.8 Å². The van der Waals surface area contributed by atoms with Crippen molar-refractivity contribution in [1.82, 2.24) is 30.4 Å². The quantitative estimate of drug-likeness (QED) is 0.810. The van der Waals surface area contributed by atoms with Gasteiger partial charge in [-0.05, 0) is 49.9 Å². The molecule has 1 aromatic carbocycles. The van der Waals surface area contributed by atoms with Crippen LogP contribution in [0.25, 0.3) is 11.4 Å². The maximum absolute atomic E-state index is 13.2. The maximum atomic E-state index is 13.2. The third-order valence-electron chi connectivity index (χ3n) is 5.32. The number of hydrogen-bond donors (Lipinski definition) is 1. The molecule has 7 heteroatoms. The summed E-state index contributed by atoms with van der Waals surface area (Å²) in [5.41, 5.74) is 0.907. The standard InChI is InChI=1S/C20H30N6O/c1-15(2)18(20(27)25-13-10-16(11-14-25)9-12-21-3)26-23-19(22-24-26)17-7-5-4-6-8-17/h4-8,15-16,18,21H,9-14H2,1-3H3. The fraction of sp³-hybridized carbons (Fsp3) is 0.600. The van der Waals surface area contributed by atoms with Crippen LogP contribution in [-0.2, 0) is 4.79 Å². The predicted octanol–water partition coefficient (Wildman–Crippen LogP) is 2.39. The van der Waals surface area contributed by atoms with Crippen molar-refractivity contribution >= 4 is 5.91 Å². The number of nitrogens with zero attached hydrogens (tertiary/aromatic N) is 5. The first-order chi connectivity index (χ1) is 13.1. The lowest BCUT2D eigenvalue weighted by Crippen LogP contribution is -2.44. The van der Waals surface area contributed by atoms with Gasteiger partial charge in [0.05, 0.1) is 0 Å². The molecule has 0 bridgehead atoms. The number of carbonyl (C=O) groups is 1. The van der Waals surface area contributed by atoms with E-state index in [0.29, 0.717) is 11.7 Å². The van der Waals surface area contributed by atoms with Crippen molar-refractivity contribution < 1.29 is 4.79 Å². The van der Waals surface area contributed by atoms with Crippen molar-refractivity contribution in [2.24, 2.45) is 11.8 Å². The normalized spacial score (nSPS) is 16.7. The molecule has 1 atom stereocenters. The molecule has 0 spiro atoms. The lowest BCUT2D eigenvalue weighted by Gasteiger charge is -2.34. The van der Waals surface area contributed by atoms with E-state index in [0.717, 1.165) is 38.0 Å². The molecule has 3 rings (SSSR count). The minimum Gasteiger partial charge on any atom is -0.341 e. The highest BCUT2D eigenvalue weighted by Crippen LogP contribution is 2.25. The minimum absolute atomic E-state index is 0.0948. The number of piperidine rings is 1. The second kappa shape index (κ2) is 9.08. The molecule has 1 fully saturated rings. The maximum Gasteiger partial charge on any atom is 0.249 e. The van der Waals surface area contributed by atoms with Gasteiger partial charge < -0.3 is 10.2 Å². The molecule has 146 valence electrons. The van der Waals surface area contributed by atoms with Gasteiger partial charge in [0.1, 0.15) is 0 Å². The van der Waals surface area contributed by atoms with Gasteiger partial charge in [-0.2, -0.15) is 4.80 Å². The number of nitrogens with one attached hydrogen (secondary N) is 1. The zero-order chi connectivity index (χ0) is 19.2. The predicted molar refractivity (Wildman–Crippen MR) is 105 cm³/mol. The lowest BCUT2D eigenvalue weighted by molar-refractivity contribution is -0.138. The van der Waals surface area contributed by atoms with E-state index in [9.17, 15) is 4.79 Å². The Morgan fingerprint density at radius 1 is 1.22 bits per heavy atom. The average Bonchev–Trinajstić information content (AvgIpc) is 3.17. The Bertz CT molecular complexity index is 721. The van der Waals surface area contributed by atoms with E-state index in [1.165, 1.54) is 11.2 Å². The number of aromatic nitrogens is 4. The van der Waals surface area contributed by atoms with Crippen LogP contribution in [0.5, 0.6) is 0 Å². The molecular formula is C20H30N6O. The average molecular weight is 371 g/mol. The number of hydrogen-bond acceptors (Lipinski definition) is 5. The molecule has 27 heavy (non-hydrogen) atoms. The van der Waals surface area contributed by atoms with Gasteiger partial charge in [-0.3, -0.25) is 4.79 Å². The first-order valence-corrected chi connectivity index (χ1v) is 9.88. The van der Waals surface area contributed by atoms with Crippen LogP contribution < -0.4 is 5.32 Å². The van der Waals surface area contributed by atoms with Crippen LogP contribution in [0.4, 0.5) is 0 Å². The lowest BCUT2D eigenvalue weighted by atomic mass is 9.92. The van der Waals surface area contributed by atoms with Crippen LogP contribution >= 0.6 is 0 Å². The summed E-state index contributed by atoms with van der Waals surface area (Å²) in [5.74, 6) is 1.46. The third-order valence-corrected chi connectivity index (χ3v) is 5.32. The second-order valence-corrected chi connectivity index (χ2v) is 7.65. The van der Waals surface area contributed by atoms with Crippen molar-refractivity contribution in [3.05, 3.63) is 30.3 Å². The van der Waals surface area contributed by atoms with Crippen LogP contribution in [0.3, 0.4) is 0 Å². The number of rotatable bonds is 7. The van der Waals surface area contributed by atoms with Gasteiger partial charge in [0.25, 0.3) is 0 Å².